The Morgan fingerprint density at radius 3 is 2.81 bits per heavy atom. The molecule has 0 spiro atoms. The van der Waals surface area contributed by atoms with Gasteiger partial charge in [0.25, 0.3) is 0 Å². The van der Waals surface area contributed by atoms with E-state index < -0.39 is 0 Å². The highest BCUT2D eigenvalue weighted by Crippen LogP contribution is 2.16. The molecule has 0 aliphatic carbocycles. The normalized spacial score (nSPS) is 10.6. The van der Waals surface area contributed by atoms with Crippen LogP contribution in [-0.2, 0) is 13.1 Å². The van der Waals surface area contributed by atoms with E-state index in [-0.39, 0.29) is 5.69 Å². The van der Waals surface area contributed by atoms with Crippen LogP contribution in [0, 0.1) is 0 Å². The van der Waals surface area contributed by atoms with Gasteiger partial charge in [-0.05, 0) is 6.92 Å². The molecule has 0 unspecified atom stereocenters. The molecule has 6 nitrogen and oxygen atoms in total. The van der Waals surface area contributed by atoms with E-state index >= 15 is 0 Å². The van der Waals surface area contributed by atoms with Crippen LogP contribution >= 0.6 is 11.5 Å². The van der Waals surface area contributed by atoms with Crippen molar-refractivity contribution >= 4 is 16.5 Å². The van der Waals surface area contributed by atoms with E-state index in [1.54, 1.807) is 21.5 Å². The molecule has 0 aliphatic heterocycles. The topological polar surface area (TPSA) is 64.7 Å². The summed E-state index contributed by atoms with van der Waals surface area (Å²) in [4.78, 5) is 11.8. The monoisotopic (exact) mass is 239 g/mol. The van der Waals surface area contributed by atoms with Crippen LogP contribution in [0.25, 0.3) is 0 Å². The maximum absolute atomic E-state index is 11.8. The molecule has 0 bridgehead atoms. The molecule has 1 N–H and O–H groups in total. The lowest BCUT2D eigenvalue weighted by Gasteiger charge is -2.00. The minimum absolute atomic E-state index is 0.0162. The van der Waals surface area contributed by atoms with Crippen molar-refractivity contribution < 1.29 is 0 Å². The second-order valence-corrected chi connectivity index (χ2v) is 4.05. The molecule has 86 valence electrons. The Balaban J connectivity index is 2.27. The van der Waals surface area contributed by atoms with E-state index in [0.717, 1.165) is 10.7 Å². The minimum atomic E-state index is -0.0162. The zero-order valence-electron chi connectivity index (χ0n) is 9.17. The number of rotatable bonds is 4. The highest BCUT2D eigenvalue weighted by Gasteiger charge is 2.09. The first kappa shape index (κ1) is 10.9. The highest BCUT2D eigenvalue weighted by atomic mass is 32.1. The smallest absolute Gasteiger partial charge is 0.328 e. The quantitative estimate of drug-likeness (QED) is 0.849. The van der Waals surface area contributed by atoms with Crippen molar-refractivity contribution in [2.24, 2.45) is 0 Å². The third-order valence-electron chi connectivity index (χ3n) is 2.36. The number of aromatic nitrogens is 4. The first-order valence-corrected chi connectivity index (χ1v) is 5.78. The molecule has 2 rings (SSSR count). The summed E-state index contributed by atoms with van der Waals surface area (Å²) in [5.74, 6) is 0. The van der Waals surface area contributed by atoms with Crippen molar-refractivity contribution in [3.8, 4) is 0 Å². The van der Waals surface area contributed by atoms with E-state index in [0.29, 0.717) is 13.1 Å². The standard InChI is InChI=1S/C9H13N5OS/c1-3-13-4-5-14(9(13)15)6-7-8(10-2)16-12-11-7/h4-5,10H,3,6H2,1-2H3. The fourth-order valence-electron chi connectivity index (χ4n) is 1.48. The summed E-state index contributed by atoms with van der Waals surface area (Å²) >= 11 is 1.29. The summed E-state index contributed by atoms with van der Waals surface area (Å²) in [6.45, 7) is 3.08. The number of nitrogens with zero attached hydrogens (tertiary/aromatic N) is 4. The summed E-state index contributed by atoms with van der Waals surface area (Å²) in [6, 6.07) is 0. The van der Waals surface area contributed by atoms with Crippen molar-refractivity contribution in [1.29, 1.82) is 0 Å². The maximum Gasteiger partial charge on any atom is 0.328 e. The average Bonchev–Trinajstić information content (AvgIpc) is 2.87. The van der Waals surface area contributed by atoms with Gasteiger partial charge >= 0.3 is 5.69 Å². The average molecular weight is 239 g/mol. The molecule has 0 saturated heterocycles. The minimum Gasteiger partial charge on any atom is -0.377 e. The van der Waals surface area contributed by atoms with Gasteiger partial charge in [-0.15, -0.1) is 5.10 Å². The van der Waals surface area contributed by atoms with E-state index in [1.165, 1.54) is 11.5 Å². The summed E-state index contributed by atoms with van der Waals surface area (Å²) < 4.78 is 7.13. The van der Waals surface area contributed by atoms with Gasteiger partial charge in [0, 0.05) is 37.5 Å². The van der Waals surface area contributed by atoms with Crippen LogP contribution in [0.5, 0.6) is 0 Å². The lowest BCUT2D eigenvalue weighted by Crippen LogP contribution is -2.24. The summed E-state index contributed by atoms with van der Waals surface area (Å²) in [5.41, 5.74) is 0.779. The Labute approximate surface area is 96.7 Å². The molecule has 2 aromatic rings. The molecule has 2 aromatic heterocycles. The Hall–Kier alpha value is -1.63. The molecule has 0 amide bonds. The number of anilines is 1. The van der Waals surface area contributed by atoms with Crippen LogP contribution < -0.4 is 11.0 Å². The van der Waals surface area contributed by atoms with Gasteiger partial charge in [-0.2, -0.15) is 0 Å². The van der Waals surface area contributed by atoms with E-state index in [2.05, 4.69) is 14.9 Å². The van der Waals surface area contributed by atoms with Crippen molar-refractivity contribution in [2.75, 3.05) is 12.4 Å². The lowest BCUT2D eigenvalue weighted by atomic mass is 10.4. The summed E-state index contributed by atoms with van der Waals surface area (Å²) in [7, 11) is 1.82. The van der Waals surface area contributed by atoms with Crippen LogP contribution in [0.4, 0.5) is 5.00 Å². The van der Waals surface area contributed by atoms with E-state index in [4.69, 9.17) is 0 Å². The number of imidazole rings is 1. The third-order valence-corrected chi connectivity index (χ3v) is 3.15. The first-order chi connectivity index (χ1) is 7.76. The molecule has 0 aliphatic rings. The first-order valence-electron chi connectivity index (χ1n) is 5.00. The zero-order chi connectivity index (χ0) is 11.5. The Bertz CT molecular complexity index is 526. The Morgan fingerprint density at radius 1 is 1.44 bits per heavy atom. The molecule has 0 aromatic carbocycles. The van der Waals surface area contributed by atoms with Gasteiger partial charge in [-0.25, -0.2) is 4.79 Å². The second kappa shape index (κ2) is 4.48. The molecule has 2 heterocycles. The molecular formula is C9H13N5OS. The van der Waals surface area contributed by atoms with Gasteiger partial charge in [0.2, 0.25) is 0 Å². The maximum atomic E-state index is 11.8. The third kappa shape index (κ3) is 1.85. The summed E-state index contributed by atoms with van der Waals surface area (Å²) in [6.07, 6.45) is 3.55. The zero-order valence-corrected chi connectivity index (χ0v) is 9.99. The molecule has 16 heavy (non-hydrogen) atoms. The van der Waals surface area contributed by atoms with Crippen molar-refractivity contribution in [3.05, 3.63) is 28.6 Å². The van der Waals surface area contributed by atoms with Gasteiger partial charge in [0.15, 0.2) is 0 Å². The van der Waals surface area contributed by atoms with Gasteiger partial charge in [0.05, 0.1) is 6.54 Å². The van der Waals surface area contributed by atoms with Gasteiger partial charge in [-0.1, -0.05) is 4.49 Å². The number of hydrogen-bond acceptors (Lipinski definition) is 5. The SMILES string of the molecule is CCn1ccn(Cc2nnsc2NC)c1=O. The van der Waals surface area contributed by atoms with Crippen LogP contribution in [0.2, 0.25) is 0 Å². The van der Waals surface area contributed by atoms with Gasteiger partial charge in [0.1, 0.15) is 10.7 Å². The number of hydrogen-bond donors (Lipinski definition) is 1. The predicted octanol–water partition coefficient (Wildman–Crippen LogP) is 0.611. The van der Waals surface area contributed by atoms with Crippen LogP contribution in [0.1, 0.15) is 12.6 Å². The summed E-state index contributed by atoms with van der Waals surface area (Å²) in [5, 5.41) is 7.90. The van der Waals surface area contributed by atoms with Crippen LogP contribution in [-0.4, -0.2) is 25.8 Å². The Kier molecular flexibility index (Phi) is 3.04. The fourth-order valence-corrected chi connectivity index (χ4v) is 2.00. The number of aryl methyl sites for hydroxylation is 1. The highest BCUT2D eigenvalue weighted by molar-refractivity contribution is 7.10. The molecule has 0 radical (unpaired) electrons. The molecule has 0 atom stereocenters. The van der Waals surface area contributed by atoms with Crippen molar-refractivity contribution in [3.63, 3.8) is 0 Å². The molecule has 0 fully saturated rings. The fraction of sp³-hybridized carbons (Fsp3) is 0.444. The van der Waals surface area contributed by atoms with E-state index in [1.807, 2.05) is 14.0 Å². The second-order valence-electron chi connectivity index (χ2n) is 3.29. The number of nitrogens with one attached hydrogen (secondary N) is 1. The molecule has 0 saturated carbocycles. The molecular weight excluding hydrogens is 226 g/mol. The van der Waals surface area contributed by atoms with Crippen molar-refractivity contribution in [1.82, 2.24) is 18.7 Å². The van der Waals surface area contributed by atoms with Gasteiger partial charge < -0.3 is 5.32 Å². The van der Waals surface area contributed by atoms with E-state index in [9.17, 15) is 4.79 Å². The molecule has 7 heteroatoms. The Morgan fingerprint density at radius 2 is 2.19 bits per heavy atom. The lowest BCUT2D eigenvalue weighted by molar-refractivity contribution is 0.661. The largest absolute Gasteiger partial charge is 0.377 e. The van der Waals surface area contributed by atoms with Crippen LogP contribution in [0.15, 0.2) is 17.2 Å². The predicted molar refractivity (Wildman–Crippen MR) is 62.9 cm³/mol. The van der Waals surface area contributed by atoms with Crippen molar-refractivity contribution in [2.45, 2.75) is 20.0 Å². The van der Waals surface area contributed by atoms with Crippen LogP contribution in [0.3, 0.4) is 0 Å². The van der Waals surface area contributed by atoms with Gasteiger partial charge in [-0.3, -0.25) is 9.13 Å².